The number of rotatable bonds is 4. The first-order valence-electron chi connectivity index (χ1n) is 9.11. The van der Waals surface area contributed by atoms with Crippen LogP contribution in [0.5, 0.6) is 0 Å². The van der Waals surface area contributed by atoms with Gasteiger partial charge in [0.1, 0.15) is 6.54 Å². The van der Waals surface area contributed by atoms with Crippen LogP contribution in [0.1, 0.15) is 6.92 Å². The van der Waals surface area contributed by atoms with E-state index in [4.69, 9.17) is 0 Å². The standard InChI is InChI=1S/C25H22N/c1-2-26-24(21-14-8-4-9-15-21)18-23(20-12-6-3-7-13-20)19-25(26)22-16-10-5-11-17-22/h3-19H,2H2,1H3/q+1. The molecular formula is C25H22N+. The lowest BCUT2D eigenvalue weighted by Gasteiger charge is -2.11. The summed E-state index contributed by atoms with van der Waals surface area (Å²) in [6, 6.07) is 36.5. The second-order valence-electron chi connectivity index (χ2n) is 6.36. The molecule has 126 valence electrons. The molecule has 0 saturated carbocycles. The normalized spacial score (nSPS) is 10.7. The molecule has 1 aromatic heterocycles. The van der Waals surface area contributed by atoms with Gasteiger partial charge >= 0.3 is 0 Å². The van der Waals surface area contributed by atoms with E-state index in [1.165, 1.54) is 33.6 Å². The van der Waals surface area contributed by atoms with E-state index in [-0.39, 0.29) is 0 Å². The van der Waals surface area contributed by atoms with Crippen molar-refractivity contribution in [2.24, 2.45) is 0 Å². The molecule has 1 nitrogen and oxygen atoms in total. The highest BCUT2D eigenvalue weighted by atomic mass is 15.0. The summed E-state index contributed by atoms with van der Waals surface area (Å²) in [6.45, 7) is 3.13. The highest BCUT2D eigenvalue weighted by Gasteiger charge is 2.20. The SMILES string of the molecule is CC[n+]1c(-c2ccccc2)cc(-c2ccccc2)cc1-c1ccccc1. The van der Waals surface area contributed by atoms with Crippen LogP contribution in [-0.2, 0) is 6.54 Å². The zero-order valence-corrected chi connectivity index (χ0v) is 15.0. The zero-order chi connectivity index (χ0) is 17.8. The Morgan fingerprint density at radius 2 is 0.885 bits per heavy atom. The van der Waals surface area contributed by atoms with Gasteiger partial charge in [0.2, 0.25) is 11.4 Å². The molecule has 4 aromatic rings. The van der Waals surface area contributed by atoms with Crippen LogP contribution < -0.4 is 4.57 Å². The summed E-state index contributed by atoms with van der Waals surface area (Å²) >= 11 is 0. The number of pyridine rings is 1. The molecule has 0 atom stereocenters. The molecule has 0 aliphatic carbocycles. The van der Waals surface area contributed by atoms with E-state index >= 15 is 0 Å². The average Bonchev–Trinajstić information content (AvgIpc) is 2.74. The Kier molecular flexibility index (Phi) is 4.61. The number of nitrogens with zero attached hydrogens (tertiary/aromatic N) is 1. The van der Waals surface area contributed by atoms with Crippen LogP contribution in [0.15, 0.2) is 103 Å². The van der Waals surface area contributed by atoms with Crippen LogP contribution >= 0.6 is 0 Å². The summed E-state index contributed by atoms with van der Waals surface area (Å²) in [5.41, 5.74) is 7.45. The first-order chi connectivity index (χ1) is 12.9. The maximum Gasteiger partial charge on any atom is 0.213 e. The van der Waals surface area contributed by atoms with Crippen LogP contribution in [0.25, 0.3) is 33.6 Å². The van der Waals surface area contributed by atoms with Crippen LogP contribution in [0.2, 0.25) is 0 Å². The molecule has 0 amide bonds. The summed E-state index contributed by atoms with van der Waals surface area (Å²) < 4.78 is 2.40. The monoisotopic (exact) mass is 336 g/mol. The maximum atomic E-state index is 2.40. The minimum atomic E-state index is 0.920. The summed E-state index contributed by atoms with van der Waals surface area (Å²) in [7, 11) is 0. The Morgan fingerprint density at radius 3 is 1.27 bits per heavy atom. The first kappa shape index (κ1) is 16.3. The van der Waals surface area contributed by atoms with E-state index < -0.39 is 0 Å². The smallest absolute Gasteiger partial charge is 0.192 e. The van der Waals surface area contributed by atoms with Crippen molar-refractivity contribution in [1.29, 1.82) is 0 Å². The zero-order valence-electron chi connectivity index (χ0n) is 15.0. The second-order valence-corrected chi connectivity index (χ2v) is 6.36. The molecule has 0 N–H and O–H groups in total. The van der Waals surface area contributed by atoms with Gasteiger partial charge in [-0.3, -0.25) is 0 Å². The molecule has 0 aliphatic rings. The van der Waals surface area contributed by atoms with E-state index in [9.17, 15) is 0 Å². The lowest BCUT2D eigenvalue weighted by molar-refractivity contribution is -0.671. The Labute approximate surface area is 155 Å². The summed E-state index contributed by atoms with van der Waals surface area (Å²) in [6.07, 6.45) is 0. The largest absolute Gasteiger partial charge is 0.213 e. The van der Waals surface area contributed by atoms with E-state index in [1.54, 1.807) is 0 Å². The van der Waals surface area contributed by atoms with Crippen LogP contribution in [0.3, 0.4) is 0 Å². The number of hydrogen-bond acceptors (Lipinski definition) is 0. The Hall–Kier alpha value is -3.19. The molecule has 3 aromatic carbocycles. The molecule has 1 heteroatoms. The van der Waals surface area contributed by atoms with Crippen LogP contribution in [0, 0.1) is 0 Å². The third-order valence-corrected chi connectivity index (χ3v) is 4.73. The number of hydrogen-bond donors (Lipinski definition) is 0. The van der Waals surface area contributed by atoms with Crippen molar-refractivity contribution in [3.63, 3.8) is 0 Å². The fourth-order valence-corrected chi connectivity index (χ4v) is 3.46. The van der Waals surface area contributed by atoms with E-state index in [2.05, 4.69) is 115 Å². The fraction of sp³-hybridized carbons (Fsp3) is 0.0800. The Balaban J connectivity index is 2.01. The molecule has 0 radical (unpaired) electrons. The lowest BCUT2D eigenvalue weighted by Crippen LogP contribution is -2.37. The minimum absolute atomic E-state index is 0.920. The molecule has 0 fully saturated rings. The second kappa shape index (κ2) is 7.37. The van der Waals surface area contributed by atoms with Crippen molar-refractivity contribution in [3.8, 4) is 33.6 Å². The van der Waals surface area contributed by atoms with Gasteiger partial charge in [0.05, 0.1) is 0 Å². The topological polar surface area (TPSA) is 3.88 Å². The van der Waals surface area contributed by atoms with E-state index in [1.807, 2.05) is 0 Å². The molecule has 0 bridgehead atoms. The van der Waals surface area contributed by atoms with Gasteiger partial charge in [0, 0.05) is 23.3 Å². The highest BCUT2D eigenvalue weighted by Crippen LogP contribution is 2.28. The molecule has 26 heavy (non-hydrogen) atoms. The van der Waals surface area contributed by atoms with Crippen molar-refractivity contribution in [1.82, 2.24) is 0 Å². The van der Waals surface area contributed by atoms with Crippen molar-refractivity contribution >= 4 is 0 Å². The molecule has 0 saturated heterocycles. The van der Waals surface area contributed by atoms with Gasteiger partial charge in [0.25, 0.3) is 0 Å². The molecule has 1 heterocycles. The lowest BCUT2D eigenvalue weighted by atomic mass is 9.99. The van der Waals surface area contributed by atoms with Crippen LogP contribution in [0.4, 0.5) is 0 Å². The van der Waals surface area contributed by atoms with Crippen molar-refractivity contribution in [2.45, 2.75) is 13.5 Å². The summed E-state index contributed by atoms with van der Waals surface area (Å²) in [5, 5.41) is 0. The maximum absolute atomic E-state index is 2.40. The highest BCUT2D eigenvalue weighted by molar-refractivity contribution is 5.73. The van der Waals surface area contributed by atoms with Crippen molar-refractivity contribution in [2.75, 3.05) is 0 Å². The molecule has 0 unspecified atom stereocenters. The third kappa shape index (κ3) is 3.16. The van der Waals surface area contributed by atoms with Crippen molar-refractivity contribution < 1.29 is 4.57 Å². The minimum Gasteiger partial charge on any atom is -0.192 e. The Bertz CT molecular complexity index is 929. The van der Waals surface area contributed by atoms with Gasteiger partial charge in [-0.1, -0.05) is 66.7 Å². The fourth-order valence-electron chi connectivity index (χ4n) is 3.46. The van der Waals surface area contributed by atoms with Gasteiger partial charge in [-0.2, -0.15) is 4.57 Å². The van der Waals surface area contributed by atoms with E-state index in [0.717, 1.165) is 6.54 Å². The number of aromatic nitrogens is 1. The molecule has 0 spiro atoms. The summed E-state index contributed by atoms with van der Waals surface area (Å²) in [5.74, 6) is 0. The molecular weight excluding hydrogens is 314 g/mol. The molecule has 4 rings (SSSR count). The van der Waals surface area contributed by atoms with Gasteiger partial charge in [-0.25, -0.2) is 0 Å². The third-order valence-electron chi connectivity index (χ3n) is 4.73. The van der Waals surface area contributed by atoms with Crippen LogP contribution in [-0.4, -0.2) is 0 Å². The predicted octanol–water partition coefficient (Wildman–Crippen LogP) is 6.00. The van der Waals surface area contributed by atoms with Gasteiger partial charge in [-0.05, 0) is 42.3 Å². The Morgan fingerprint density at radius 1 is 0.500 bits per heavy atom. The molecule has 0 aliphatic heterocycles. The predicted molar refractivity (Wildman–Crippen MR) is 109 cm³/mol. The van der Waals surface area contributed by atoms with Gasteiger partial charge in [-0.15, -0.1) is 0 Å². The number of benzene rings is 3. The summed E-state index contributed by atoms with van der Waals surface area (Å²) in [4.78, 5) is 0. The quantitative estimate of drug-likeness (QED) is 0.403. The van der Waals surface area contributed by atoms with Gasteiger partial charge in [0.15, 0.2) is 0 Å². The average molecular weight is 336 g/mol. The van der Waals surface area contributed by atoms with E-state index in [0.29, 0.717) is 0 Å². The first-order valence-corrected chi connectivity index (χ1v) is 9.11. The van der Waals surface area contributed by atoms with Gasteiger partial charge < -0.3 is 0 Å². The van der Waals surface area contributed by atoms with Crippen molar-refractivity contribution in [3.05, 3.63) is 103 Å².